The van der Waals surface area contributed by atoms with Gasteiger partial charge in [0.15, 0.2) is 0 Å². The first-order chi connectivity index (χ1) is 7.25. The van der Waals surface area contributed by atoms with Crippen LogP contribution in [0.15, 0.2) is 24.3 Å². The van der Waals surface area contributed by atoms with E-state index in [4.69, 9.17) is 0 Å². The number of carboxylic acids is 4. The molecule has 0 radical (unpaired) electrons. The molecule has 0 atom stereocenters. The fourth-order valence-electron chi connectivity index (χ4n) is 0.272. The average molecular weight is 418 g/mol. The second-order valence-electron chi connectivity index (χ2n) is 1.94. The van der Waals surface area contributed by atoms with Gasteiger partial charge in [0, 0.05) is 0 Å². The van der Waals surface area contributed by atoms with E-state index in [1.165, 1.54) is 0 Å². The van der Waals surface area contributed by atoms with E-state index in [2.05, 4.69) is 0 Å². The predicted molar refractivity (Wildman–Crippen MR) is 38.3 cm³/mol. The van der Waals surface area contributed by atoms with E-state index < -0.39 is 23.9 Å². The molecule has 0 saturated heterocycles. The van der Waals surface area contributed by atoms with Crippen LogP contribution in [0, 0.1) is 0 Å². The first-order valence-electron chi connectivity index (χ1n) is 3.45. The molecule has 0 N–H and O–H groups in total. The van der Waals surface area contributed by atoms with Crippen molar-refractivity contribution in [1.82, 2.24) is 0 Å². The second kappa shape index (κ2) is 12.1. The summed E-state index contributed by atoms with van der Waals surface area (Å²) in [6, 6.07) is 0. The Hall–Kier alpha value is -2.00. The van der Waals surface area contributed by atoms with E-state index in [1.807, 2.05) is 0 Å². The molecule has 0 aliphatic rings. The van der Waals surface area contributed by atoms with Gasteiger partial charge in [-0.2, -0.15) is 0 Å². The summed E-state index contributed by atoms with van der Waals surface area (Å²) >= 11 is 0. The van der Waals surface area contributed by atoms with Gasteiger partial charge in [0.2, 0.25) is 0 Å². The Morgan fingerprint density at radius 2 is 0.647 bits per heavy atom. The minimum Gasteiger partial charge on any atom is -0.545 e. The largest absolute Gasteiger partial charge is 4.00 e. The molecule has 9 heteroatoms. The van der Waals surface area contributed by atoms with Crippen molar-refractivity contribution in [2.24, 2.45) is 0 Å². The molecule has 0 heterocycles. The normalized spacial score (nSPS) is 8.94. The minimum atomic E-state index is -1.55. The van der Waals surface area contributed by atoms with Crippen LogP contribution in [0.25, 0.3) is 0 Å². The Morgan fingerprint density at radius 1 is 0.529 bits per heavy atom. The standard InChI is InChI=1S/2C4H4O4.Os/c2*5-3(6)1-2-4(7)8;/h2*1-2H,(H,5,6)(H,7,8);/q;;+4/p-4/b2*2-1-;. The maximum atomic E-state index is 9.41. The van der Waals surface area contributed by atoms with E-state index in [0.717, 1.165) is 0 Å². The number of hydrogen-bond acceptors (Lipinski definition) is 8. The molecule has 0 aliphatic carbocycles. The van der Waals surface area contributed by atoms with E-state index >= 15 is 0 Å². The Kier molecular flexibility index (Phi) is 14.5. The van der Waals surface area contributed by atoms with Gasteiger partial charge in [-0.25, -0.2) is 0 Å². The smallest absolute Gasteiger partial charge is 0.545 e. The van der Waals surface area contributed by atoms with Crippen molar-refractivity contribution >= 4 is 23.9 Å². The maximum absolute atomic E-state index is 9.41. The Bertz CT molecular complexity index is 277. The summed E-state index contributed by atoms with van der Waals surface area (Å²) in [6.07, 6.45) is 1.54. The zero-order chi connectivity index (χ0) is 13.1. The molecule has 0 unspecified atom stereocenters. The Labute approximate surface area is 108 Å². The third-order valence-electron chi connectivity index (χ3n) is 0.711. The SMILES string of the molecule is O=C([O-])/C=C\C(=O)[O-].O=C([O-])/C=C\C(=O)[O-].[Os+4]. The van der Waals surface area contributed by atoms with Crippen LogP contribution in [0.4, 0.5) is 0 Å². The third kappa shape index (κ3) is 31.5. The minimum absolute atomic E-state index is 0. The second-order valence-corrected chi connectivity index (χ2v) is 1.94. The van der Waals surface area contributed by atoms with Crippen LogP contribution in [0.1, 0.15) is 0 Å². The van der Waals surface area contributed by atoms with Crippen LogP contribution >= 0.6 is 0 Å². The summed E-state index contributed by atoms with van der Waals surface area (Å²) in [5, 5.41) is 37.7. The summed E-state index contributed by atoms with van der Waals surface area (Å²) in [5.41, 5.74) is 0. The fraction of sp³-hybridized carbons (Fsp3) is 0. The average Bonchev–Trinajstić information content (AvgIpc) is 2.12. The van der Waals surface area contributed by atoms with Crippen molar-refractivity contribution in [3.8, 4) is 0 Å². The number of rotatable bonds is 4. The molecule has 17 heavy (non-hydrogen) atoms. The van der Waals surface area contributed by atoms with Gasteiger partial charge in [-0.3, -0.25) is 0 Å². The topological polar surface area (TPSA) is 161 Å². The van der Waals surface area contributed by atoms with Gasteiger partial charge < -0.3 is 39.6 Å². The first kappa shape index (κ1) is 20.4. The van der Waals surface area contributed by atoms with Crippen LogP contribution in [-0.2, 0) is 39.0 Å². The molecular weight excluding hydrogens is 414 g/mol. The monoisotopic (exact) mass is 420 g/mol. The van der Waals surface area contributed by atoms with E-state index in [9.17, 15) is 39.6 Å². The zero-order valence-corrected chi connectivity index (χ0v) is 10.5. The van der Waals surface area contributed by atoms with Crippen LogP contribution in [0.5, 0.6) is 0 Å². The van der Waals surface area contributed by atoms with E-state index in [1.54, 1.807) is 0 Å². The summed E-state index contributed by atoms with van der Waals surface area (Å²) in [6.45, 7) is 0. The molecule has 0 spiro atoms. The Balaban J connectivity index is -0.000000218. The van der Waals surface area contributed by atoms with Crippen LogP contribution in [0.2, 0.25) is 0 Å². The number of aliphatic carboxylic acids is 4. The molecular formula is C8H4O8Os. The van der Waals surface area contributed by atoms with Crippen molar-refractivity contribution in [3.05, 3.63) is 24.3 Å². The van der Waals surface area contributed by atoms with Crippen LogP contribution in [-0.4, -0.2) is 23.9 Å². The van der Waals surface area contributed by atoms with E-state index in [-0.39, 0.29) is 19.8 Å². The molecule has 0 saturated carbocycles. The number of carboxylic acid groups (broad SMARTS) is 4. The van der Waals surface area contributed by atoms with Crippen molar-refractivity contribution < 1.29 is 59.4 Å². The van der Waals surface area contributed by atoms with Gasteiger partial charge in [0.25, 0.3) is 0 Å². The summed E-state index contributed by atoms with van der Waals surface area (Å²) in [5.74, 6) is -6.19. The van der Waals surface area contributed by atoms with Crippen LogP contribution in [0.3, 0.4) is 0 Å². The van der Waals surface area contributed by atoms with Crippen molar-refractivity contribution in [3.63, 3.8) is 0 Å². The molecule has 0 aromatic carbocycles. The molecule has 92 valence electrons. The van der Waals surface area contributed by atoms with Crippen molar-refractivity contribution in [2.75, 3.05) is 0 Å². The first-order valence-corrected chi connectivity index (χ1v) is 3.45. The maximum Gasteiger partial charge on any atom is 4.00 e. The van der Waals surface area contributed by atoms with Crippen molar-refractivity contribution in [2.45, 2.75) is 0 Å². The predicted octanol–water partition coefficient (Wildman–Crippen LogP) is -5.92. The van der Waals surface area contributed by atoms with Gasteiger partial charge >= 0.3 is 19.8 Å². The summed E-state index contributed by atoms with van der Waals surface area (Å²) < 4.78 is 0. The number of carbonyl (C=O) groups is 4. The van der Waals surface area contributed by atoms with E-state index in [0.29, 0.717) is 24.3 Å². The van der Waals surface area contributed by atoms with Gasteiger partial charge in [-0.05, 0) is 24.3 Å². The summed E-state index contributed by atoms with van der Waals surface area (Å²) in [7, 11) is 0. The molecule has 0 aliphatic heterocycles. The van der Waals surface area contributed by atoms with Crippen molar-refractivity contribution in [1.29, 1.82) is 0 Å². The fourth-order valence-corrected chi connectivity index (χ4v) is 0.272. The molecule has 0 bridgehead atoms. The van der Waals surface area contributed by atoms with Gasteiger partial charge in [0.05, 0.1) is 23.9 Å². The molecule has 0 rings (SSSR count). The zero-order valence-electron chi connectivity index (χ0n) is 7.93. The quantitative estimate of drug-likeness (QED) is 0.408. The molecule has 0 aromatic rings. The molecule has 0 aromatic heterocycles. The number of hydrogen-bond donors (Lipinski definition) is 0. The van der Waals surface area contributed by atoms with Gasteiger partial charge in [0.1, 0.15) is 0 Å². The van der Waals surface area contributed by atoms with Gasteiger partial charge in [-0.15, -0.1) is 0 Å². The molecule has 8 nitrogen and oxygen atoms in total. The Morgan fingerprint density at radius 3 is 0.706 bits per heavy atom. The third-order valence-corrected chi connectivity index (χ3v) is 0.711. The van der Waals surface area contributed by atoms with Gasteiger partial charge in [-0.1, -0.05) is 0 Å². The molecule has 0 fully saturated rings. The molecule has 0 amide bonds. The van der Waals surface area contributed by atoms with Crippen LogP contribution < -0.4 is 20.4 Å². The number of carbonyl (C=O) groups excluding carboxylic acids is 4. The summed E-state index contributed by atoms with van der Waals surface area (Å²) in [4.78, 5) is 37.7.